The lowest BCUT2D eigenvalue weighted by Crippen LogP contribution is -2.44. The Morgan fingerprint density at radius 1 is 1.17 bits per heavy atom. The zero-order valence-electron chi connectivity index (χ0n) is 15.8. The smallest absolute Gasteiger partial charge is 0.251 e. The van der Waals surface area contributed by atoms with Gasteiger partial charge < -0.3 is 20.1 Å². The van der Waals surface area contributed by atoms with Crippen molar-refractivity contribution in [1.82, 2.24) is 14.9 Å². The van der Waals surface area contributed by atoms with Gasteiger partial charge in [0.1, 0.15) is 6.04 Å². The lowest BCUT2D eigenvalue weighted by atomic mass is 10.1. The molecule has 2 atom stereocenters. The van der Waals surface area contributed by atoms with Crippen LogP contribution in [0.4, 0.5) is 11.4 Å². The van der Waals surface area contributed by atoms with Gasteiger partial charge in [-0.15, -0.1) is 0 Å². The number of nitrogens with zero attached hydrogens (tertiary/aromatic N) is 3. The van der Waals surface area contributed by atoms with Gasteiger partial charge in [-0.1, -0.05) is 24.3 Å². The summed E-state index contributed by atoms with van der Waals surface area (Å²) in [5.74, 6) is -0.123. The molecule has 5 rings (SSSR count). The summed E-state index contributed by atoms with van der Waals surface area (Å²) < 4.78 is 1.98. The molecular weight excluding hydrogens is 366 g/mol. The van der Waals surface area contributed by atoms with Crippen LogP contribution in [0.2, 0.25) is 0 Å². The van der Waals surface area contributed by atoms with E-state index in [-0.39, 0.29) is 23.9 Å². The Hall–Kier alpha value is -3.61. The van der Waals surface area contributed by atoms with Gasteiger partial charge in [0.05, 0.1) is 17.7 Å². The number of imidazole rings is 1. The van der Waals surface area contributed by atoms with E-state index in [2.05, 4.69) is 20.5 Å². The SMILES string of the molecule is O=C(NC1CC2C(=O)Nc3ccccc3N2C1)c1ccc(Cn2ccnc2)cc1. The Morgan fingerprint density at radius 2 is 2.00 bits per heavy atom. The summed E-state index contributed by atoms with van der Waals surface area (Å²) in [6.07, 6.45) is 6.02. The number of benzene rings is 2. The number of amides is 2. The molecule has 146 valence electrons. The van der Waals surface area contributed by atoms with Crippen molar-refractivity contribution in [3.05, 3.63) is 78.4 Å². The third kappa shape index (κ3) is 3.35. The Balaban J connectivity index is 1.25. The molecule has 7 heteroatoms. The number of anilines is 2. The molecule has 7 nitrogen and oxygen atoms in total. The highest BCUT2D eigenvalue weighted by molar-refractivity contribution is 6.04. The van der Waals surface area contributed by atoms with Crippen LogP contribution in [0.3, 0.4) is 0 Å². The zero-order chi connectivity index (χ0) is 19.8. The van der Waals surface area contributed by atoms with Crippen molar-refractivity contribution in [2.24, 2.45) is 0 Å². The fourth-order valence-electron chi connectivity index (χ4n) is 4.12. The average Bonchev–Trinajstić information content (AvgIpc) is 3.39. The van der Waals surface area contributed by atoms with Gasteiger partial charge in [0.2, 0.25) is 5.91 Å². The lowest BCUT2D eigenvalue weighted by Gasteiger charge is -2.32. The minimum absolute atomic E-state index is 0.00990. The number of para-hydroxylation sites is 2. The third-order valence-corrected chi connectivity index (χ3v) is 5.55. The quantitative estimate of drug-likeness (QED) is 0.720. The van der Waals surface area contributed by atoms with E-state index in [1.54, 1.807) is 12.5 Å². The number of hydrogen-bond donors (Lipinski definition) is 2. The molecule has 3 heterocycles. The minimum atomic E-state index is -0.243. The summed E-state index contributed by atoms with van der Waals surface area (Å²) in [5, 5.41) is 6.05. The predicted molar refractivity (Wildman–Crippen MR) is 110 cm³/mol. The van der Waals surface area contributed by atoms with Gasteiger partial charge in [-0.2, -0.15) is 0 Å². The van der Waals surface area contributed by atoms with Crippen molar-refractivity contribution in [3.63, 3.8) is 0 Å². The zero-order valence-corrected chi connectivity index (χ0v) is 15.8. The second-order valence-corrected chi connectivity index (χ2v) is 7.51. The molecule has 0 saturated carbocycles. The molecule has 0 radical (unpaired) electrons. The fraction of sp³-hybridized carbons (Fsp3) is 0.227. The highest BCUT2D eigenvalue weighted by atomic mass is 16.2. The van der Waals surface area contributed by atoms with E-state index < -0.39 is 0 Å². The van der Waals surface area contributed by atoms with Crippen LogP contribution in [0.5, 0.6) is 0 Å². The predicted octanol–water partition coefficient (Wildman–Crippen LogP) is 2.26. The monoisotopic (exact) mass is 387 g/mol. The van der Waals surface area contributed by atoms with Crippen molar-refractivity contribution >= 4 is 23.2 Å². The molecule has 3 aromatic rings. The number of carbonyl (C=O) groups is 2. The topological polar surface area (TPSA) is 79.3 Å². The first-order chi connectivity index (χ1) is 14.2. The summed E-state index contributed by atoms with van der Waals surface area (Å²) in [4.78, 5) is 31.3. The molecule has 0 aliphatic carbocycles. The van der Waals surface area contributed by atoms with Crippen LogP contribution in [0.25, 0.3) is 0 Å². The summed E-state index contributed by atoms with van der Waals surface area (Å²) in [6, 6.07) is 15.1. The maximum atomic E-state index is 12.7. The van der Waals surface area contributed by atoms with Gasteiger partial charge in [-0.25, -0.2) is 4.98 Å². The summed E-state index contributed by atoms with van der Waals surface area (Å²) in [5.41, 5.74) is 3.56. The Morgan fingerprint density at radius 3 is 2.79 bits per heavy atom. The minimum Gasteiger partial charge on any atom is -0.356 e. The van der Waals surface area contributed by atoms with E-state index in [9.17, 15) is 9.59 Å². The van der Waals surface area contributed by atoms with Crippen LogP contribution in [-0.2, 0) is 11.3 Å². The molecule has 0 bridgehead atoms. The molecule has 2 unspecified atom stereocenters. The maximum Gasteiger partial charge on any atom is 0.251 e. The van der Waals surface area contributed by atoms with Crippen molar-refractivity contribution in [3.8, 4) is 0 Å². The van der Waals surface area contributed by atoms with E-state index in [0.29, 0.717) is 18.5 Å². The van der Waals surface area contributed by atoms with E-state index >= 15 is 0 Å². The van der Waals surface area contributed by atoms with Gasteiger partial charge in [-0.05, 0) is 36.2 Å². The molecule has 2 aromatic carbocycles. The van der Waals surface area contributed by atoms with E-state index in [4.69, 9.17) is 0 Å². The Kier molecular flexibility index (Phi) is 4.27. The Bertz CT molecular complexity index is 1050. The van der Waals surface area contributed by atoms with E-state index in [0.717, 1.165) is 23.5 Å². The van der Waals surface area contributed by atoms with Gasteiger partial charge in [0.15, 0.2) is 0 Å². The molecular formula is C22H21N5O2. The van der Waals surface area contributed by atoms with Gasteiger partial charge in [0, 0.05) is 37.1 Å². The largest absolute Gasteiger partial charge is 0.356 e. The van der Waals surface area contributed by atoms with Crippen molar-refractivity contribution < 1.29 is 9.59 Å². The normalized spacial score (nSPS) is 20.0. The Labute approximate surface area is 168 Å². The van der Waals surface area contributed by atoms with Crippen molar-refractivity contribution in [2.45, 2.75) is 25.0 Å². The lowest BCUT2D eigenvalue weighted by molar-refractivity contribution is -0.117. The van der Waals surface area contributed by atoms with Crippen LogP contribution in [0.15, 0.2) is 67.3 Å². The molecule has 2 aliphatic heterocycles. The molecule has 1 fully saturated rings. The van der Waals surface area contributed by atoms with Gasteiger partial charge in [0.25, 0.3) is 5.91 Å². The van der Waals surface area contributed by atoms with Crippen LogP contribution < -0.4 is 15.5 Å². The van der Waals surface area contributed by atoms with E-state index in [1.807, 2.05) is 59.3 Å². The second-order valence-electron chi connectivity index (χ2n) is 7.51. The van der Waals surface area contributed by atoms with Crippen molar-refractivity contribution in [2.75, 3.05) is 16.8 Å². The summed E-state index contributed by atoms with van der Waals surface area (Å²) >= 11 is 0. The molecule has 2 N–H and O–H groups in total. The molecule has 1 saturated heterocycles. The highest BCUT2D eigenvalue weighted by Gasteiger charge is 2.41. The number of rotatable bonds is 4. The van der Waals surface area contributed by atoms with E-state index in [1.165, 1.54) is 0 Å². The number of fused-ring (bicyclic) bond motifs is 3. The van der Waals surface area contributed by atoms with Crippen molar-refractivity contribution in [1.29, 1.82) is 0 Å². The van der Waals surface area contributed by atoms with Crippen LogP contribution in [0, 0.1) is 0 Å². The summed E-state index contributed by atoms with van der Waals surface area (Å²) in [7, 11) is 0. The average molecular weight is 387 g/mol. The van der Waals surface area contributed by atoms with Gasteiger partial charge in [-0.3, -0.25) is 9.59 Å². The first kappa shape index (κ1) is 17.5. The first-order valence-corrected chi connectivity index (χ1v) is 9.69. The third-order valence-electron chi connectivity index (χ3n) is 5.55. The molecule has 0 spiro atoms. The standard InChI is InChI=1S/C22H21N5O2/c28-21(16-7-5-15(6-8-16)12-26-10-9-23-14-26)24-17-11-20-22(29)25-18-3-1-2-4-19(18)27(20)13-17/h1-10,14,17,20H,11-13H2,(H,24,28)(H,25,29). The number of aromatic nitrogens is 2. The number of hydrogen-bond acceptors (Lipinski definition) is 4. The molecule has 2 aliphatic rings. The number of nitrogens with one attached hydrogen (secondary N) is 2. The van der Waals surface area contributed by atoms with Crippen LogP contribution in [-0.4, -0.2) is 40.0 Å². The fourth-order valence-corrected chi connectivity index (χ4v) is 4.12. The molecule has 1 aromatic heterocycles. The number of carbonyl (C=O) groups excluding carboxylic acids is 2. The highest BCUT2D eigenvalue weighted by Crippen LogP contribution is 2.36. The summed E-state index contributed by atoms with van der Waals surface area (Å²) in [6.45, 7) is 1.34. The van der Waals surface area contributed by atoms with Gasteiger partial charge >= 0.3 is 0 Å². The molecule has 2 amide bonds. The first-order valence-electron chi connectivity index (χ1n) is 9.69. The maximum absolute atomic E-state index is 12.7. The van der Waals surface area contributed by atoms with Crippen LogP contribution >= 0.6 is 0 Å². The second kappa shape index (κ2) is 7.09. The van der Waals surface area contributed by atoms with Crippen LogP contribution in [0.1, 0.15) is 22.3 Å². The molecule has 29 heavy (non-hydrogen) atoms.